The summed E-state index contributed by atoms with van der Waals surface area (Å²) in [5, 5.41) is 2.02. The molecule has 4 rings (SSSR count). The predicted molar refractivity (Wildman–Crippen MR) is 113 cm³/mol. The van der Waals surface area contributed by atoms with E-state index in [2.05, 4.69) is 4.99 Å². The normalized spacial score (nSPS) is 22.0. The van der Waals surface area contributed by atoms with Crippen LogP contribution in [0.4, 0.5) is 13.2 Å². The second-order valence-electron chi connectivity index (χ2n) is 8.21. The molecule has 1 N–H and O–H groups in total. The molecule has 8 heteroatoms. The standard InChI is InChI=1S/C24H24F3N3O2/c25-24(26,27)23(29-21(31)19-14-8-3-9-15-19)22(32)30(16-17-10-4-1-5-11-17)20(28-23)18-12-6-2-7-13-18/h1-2,4-7,10-13,19H,3,8-9,14-16H2,(H,29,31). The summed E-state index contributed by atoms with van der Waals surface area (Å²) < 4.78 is 43.3. The third-order valence-electron chi connectivity index (χ3n) is 5.99. The van der Waals surface area contributed by atoms with Crippen LogP contribution in [0, 0.1) is 5.92 Å². The summed E-state index contributed by atoms with van der Waals surface area (Å²) in [6.07, 6.45) is -1.56. The van der Waals surface area contributed by atoms with Gasteiger partial charge in [-0.1, -0.05) is 79.9 Å². The van der Waals surface area contributed by atoms with Gasteiger partial charge < -0.3 is 5.32 Å². The predicted octanol–water partition coefficient (Wildman–Crippen LogP) is 4.43. The number of hydrogen-bond donors (Lipinski definition) is 1. The summed E-state index contributed by atoms with van der Waals surface area (Å²) in [7, 11) is 0. The second kappa shape index (κ2) is 8.76. The maximum Gasteiger partial charge on any atom is 0.442 e. The number of halogens is 3. The van der Waals surface area contributed by atoms with Crippen molar-refractivity contribution in [2.75, 3.05) is 0 Å². The fraction of sp³-hybridized carbons (Fsp3) is 0.375. The smallest absolute Gasteiger partial charge is 0.316 e. The molecule has 0 radical (unpaired) electrons. The zero-order valence-electron chi connectivity index (χ0n) is 17.4. The quantitative estimate of drug-likeness (QED) is 0.743. The molecule has 1 aliphatic heterocycles. The molecule has 1 heterocycles. The minimum atomic E-state index is -5.10. The lowest BCUT2D eigenvalue weighted by atomic mass is 9.88. The van der Waals surface area contributed by atoms with Gasteiger partial charge in [0.2, 0.25) is 5.91 Å². The molecule has 2 aromatic carbocycles. The molecule has 168 valence electrons. The zero-order valence-corrected chi connectivity index (χ0v) is 17.4. The number of carbonyl (C=O) groups excluding carboxylic acids is 2. The molecule has 5 nitrogen and oxygen atoms in total. The van der Waals surface area contributed by atoms with E-state index in [1.54, 1.807) is 60.7 Å². The summed E-state index contributed by atoms with van der Waals surface area (Å²) in [4.78, 5) is 31.1. The second-order valence-corrected chi connectivity index (χ2v) is 8.21. The molecule has 0 saturated heterocycles. The van der Waals surface area contributed by atoms with Crippen molar-refractivity contribution in [3.05, 3.63) is 71.8 Å². The highest BCUT2D eigenvalue weighted by atomic mass is 19.4. The molecule has 1 fully saturated rings. The Labute approximate surface area is 184 Å². The van der Waals surface area contributed by atoms with Crippen molar-refractivity contribution in [2.45, 2.75) is 50.5 Å². The van der Waals surface area contributed by atoms with Crippen molar-refractivity contribution >= 4 is 17.6 Å². The van der Waals surface area contributed by atoms with E-state index in [9.17, 15) is 22.8 Å². The largest absolute Gasteiger partial charge is 0.442 e. The lowest BCUT2D eigenvalue weighted by Crippen LogP contribution is -2.64. The van der Waals surface area contributed by atoms with E-state index < -0.39 is 29.6 Å². The van der Waals surface area contributed by atoms with Crippen LogP contribution in [0.5, 0.6) is 0 Å². The van der Waals surface area contributed by atoms with Crippen LogP contribution in [-0.2, 0) is 16.1 Å². The Morgan fingerprint density at radius 1 is 1.00 bits per heavy atom. The van der Waals surface area contributed by atoms with E-state index in [1.807, 2.05) is 5.32 Å². The maximum absolute atomic E-state index is 14.4. The van der Waals surface area contributed by atoms with Crippen molar-refractivity contribution in [1.29, 1.82) is 0 Å². The molecule has 32 heavy (non-hydrogen) atoms. The van der Waals surface area contributed by atoms with Crippen molar-refractivity contribution in [1.82, 2.24) is 10.2 Å². The molecule has 1 saturated carbocycles. The fourth-order valence-electron chi connectivity index (χ4n) is 4.26. The Bertz CT molecular complexity index is 1000. The van der Waals surface area contributed by atoms with Crippen LogP contribution in [0.1, 0.15) is 43.2 Å². The summed E-state index contributed by atoms with van der Waals surface area (Å²) in [5.74, 6) is -2.72. The van der Waals surface area contributed by atoms with Crippen molar-refractivity contribution < 1.29 is 22.8 Å². The molecule has 0 spiro atoms. The topological polar surface area (TPSA) is 61.8 Å². The van der Waals surface area contributed by atoms with Crippen LogP contribution in [0.15, 0.2) is 65.7 Å². The van der Waals surface area contributed by atoms with E-state index in [-0.39, 0.29) is 12.4 Å². The van der Waals surface area contributed by atoms with E-state index in [4.69, 9.17) is 0 Å². The van der Waals surface area contributed by atoms with E-state index in [0.717, 1.165) is 24.2 Å². The highest BCUT2D eigenvalue weighted by molar-refractivity contribution is 6.16. The van der Waals surface area contributed by atoms with Gasteiger partial charge in [0.1, 0.15) is 5.84 Å². The van der Waals surface area contributed by atoms with Crippen LogP contribution in [0.3, 0.4) is 0 Å². The van der Waals surface area contributed by atoms with Crippen molar-refractivity contribution in [2.24, 2.45) is 10.9 Å². The highest BCUT2D eigenvalue weighted by Gasteiger charge is 2.67. The Balaban J connectivity index is 1.75. The van der Waals surface area contributed by atoms with E-state index >= 15 is 0 Å². The molecular formula is C24H24F3N3O2. The average Bonchev–Trinajstić information content (AvgIpc) is 3.08. The van der Waals surface area contributed by atoms with Gasteiger partial charge in [-0.3, -0.25) is 14.5 Å². The number of aliphatic imine (C=N–C) groups is 1. The number of rotatable bonds is 5. The van der Waals surface area contributed by atoms with Crippen LogP contribution in [-0.4, -0.2) is 34.4 Å². The third kappa shape index (κ3) is 4.13. The van der Waals surface area contributed by atoms with Crippen LogP contribution in [0.25, 0.3) is 0 Å². The highest BCUT2D eigenvalue weighted by Crippen LogP contribution is 2.39. The first-order chi connectivity index (χ1) is 15.3. The Morgan fingerprint density at radius 3 is 2.19 bits per heavy atom. The first-order valence-corrected chi connectivity index (χ1v) is 10.7. The first-order valence-electron chi connectivity index (χ1n) is 10.7. The number of nitrogens with one attached hydrogen (secondary N) is 1. The van der Waals surface area contributed by atoms with Gasteiger partial charge in [0.15, 0.2) is 0 Å². The number of carbonyl (C=O) groups is 2. The number of benzene rings is 2. The molecule has 0 bridgehead atoms. The van der Waals surface area contributed by atoms with Crippen LogP contribution in [0.2, 0.25) is 0 Å². The summed E-state index contributed by atoms with van der Waals surface area (Å²) >= 11 is 0. The fourth-order valence-corrected chi connectivity index (χ4v) is 4.26. The Hall–Kier alpha value is -3.16. The lowest BCUT2D eigenvalue weighted by Gasteiger charge is -2.31. The maximum atomic E-state index is 14.4. The Kier molecular flexibility index (Phi) is 6.04. The molecule has 1 unspecified atom stereocenters. The van der Waals surface area contributed by atoms with Crippen molar-refractivity contribution in [3.63, 3.8) is 0 Å². The van der Waals surface area contributed by atoms with Crippen molar-refractivity contribution in [3.8, 4) is 0 Å². The van der Waals surface area contributed by atoms with Gasteiger partial charge in [0.05, 0.1) is 6.54 Å². The molecular weight excluding hydrogens is 419 g/mol. The van der Waals surface area contributed by atoms with Gasteiger partial charge >= 0.3 is 11.8 Å². The minimum absolute atomic E-state index is 0.0927. The SMILES string of the molecule is O=C(NC1(C(F)(F)F)N=C(c2ccccc2)N(Cc2ccccc2)C1=O)C1CCCCC1. The van der Waals surface area contributed by atoms with Gasteiger partial charge in [-0.2, -0.15) is 13.2 Å². The Morgan fingerprint density at radius 2 is 1.59 bits per heavy atom. The van der Waals surface area contributed by atoms with Gasteiger partial charge in [-0.05, 0) is 18.4 Å². The molecule has 2 aromatic rings. The summed E-state index contributed by atoms with van der Waals surface area (Å²) in [5.41, 5.74) is -2.31. The van der Waals surface area contributed by atoms with E-state index in [1.165, 1.54) is 0 Å². The number of nitrogens with zero attached hydrogens (tertiary/aromatic N) is 2. The molecule has 2 amide bonds. The van der Waals surface area contributed by atoms with Crippen LogP contribution < -0.4 is 5.32 Å². The number of hydrogen-bond acceptors (Lipinski definition) is 3. The molecule has 2 aliphatic rings. The number of alkyl halides is 3. The summed E-state index contributed by atoms with van der Waals surface area (Å²) in [6.45, 7) is -0.0927. The number of amides is 2. The average molecular weight is 443 g/mol. The monoisotopic (exact) mass is 443 g/mol. The first kappa shape index (κ1) is 22.0. The van der Waals surface area contributed by atoms with E-state index in [0.29, 0.717) is 24.0 Å². The van der Waals surface area contributed by atoms with Gasteiger partial charge in [-0.25, -0.2) is 4.99 Å². The van der Waals surface area contributed by atoms with Crippen LogP contribution >= 0.6 is 0 Å². The molecule has 0 aromatic heterocycles. The molecule has 1 aliphatic carbocycles. The van der Waals surface area contributed by atoms with Gasteiger partial charge in [0, 0.05) is 11.5 Å². The minimum Gasteiger partial charge on any atom is -0.316 e. The third-order valence-corrected chi connectivity index (χ3v) is 5.99. The summed E-state index contributed by atoms with van der Waals surface area (Å²) in [6, 6.07) is 17.0. The lowest BCUT2D eigenvalue weighted by molar-refractivity contribution is -0.201. The zero-order chi connectivity index (χ0) is 22.8. The van der Waals surface area contributed by atoms with Gasteiger partial charge in [-0.15, -0.1) is 0 Å². The molecule has 1 atom stereocenters. The van der Waals surface area contributed by atoms with Gasteiger partial charge in [0.25, 0.3) is 5.91 Å². The number of amidine groups is 1.